The molecule has 1 amide bonds. The summed E-state index contributed by atoms with van der Waals surface area (Å²) in [6.45, 7) is 1.89. The monoisotopic (exact) mass is 454 g/mol. The van der Waals surface area contributed by atoms with Gasteiger partial charge in [-0.3, -0.25) is 10.1 Å². The average molecular weight is 455 g/mol. The van der Waals surface area contributed by atoms with Gasteiger partial charge in [0.05, 0.1) is 5.56 Å². The first kappa shape index (κ1) is 20.7. The number of nitrogens with one attached hydrogen (secondary N) is 2. The summed E-state index contributed by atoms with van der Waals surface area (Å²) in [6.07, 6.45) is 0. The van der Waals surface area contributed by atoms with E-state index in [4.69, 9.17) is 21.1 Å². The minimum atomic E-state index is -0.439. The molecule has 5 aromatic rings. The lowest BCUT2D eigenvalue weighted by molar-refractivity contribution is 0.0953. The van der Waals surface area contributed by atoms with Crippen LogP contribution in [0, 0.1) is 6.92 Å². The third-order valence-corrected chi connectivity index (χ3v) is 5.50. The number of hydrogen-bond acceptors (Lipinski definition) is 5. The van der Waals surface area contributed by atoms with Crippen molar-refractivity contribution in [3.8, 4) is 11.1 Å². The van der Waals surface area contributed by atoms with Crippen molar-refractivity contribution in [1.82, 2.24) is 5.32 Å². The molecule has 0 spiro atoms. The number of thiocarbonyl (C=S) groups is 1. The second kappa shape index (κ2) is 8.37. The number of amides is 1. The van der Waals surface area contributed by atoms with Crippen molar-refractivity contribution in [3.05, 3.63) is 101 Å². The summed E-state index contributed by atoms with van der Waals surface area (Å²) < 4.78 is 11.0. The molecule has 0 atom stereocenters. The van der Waals surface area contributed by atoms with Crippen LogP contribution in [0.2, 0.25) is 0 Å². The topological polar surface area (TPSA) is 84.5 Å². The maximum atomic E-state index is 12.5. The summed E-state index contributed by atoms with van der Waals surface area (Å²) in [6, 6.07) is 23.7. The number of para-hydroxylation sites is 2. The van der Waals surface area contributed by atoms with Crippen molar-refractivity contribution in [3.63, 3.8) is 0 Å². The van der Waals surface area contributed by atoms with Gasteiger partial charge in [-0.15, -0.1) is 0 Å². The Balaban J connectivity index is 1.33. The van der Waals surface area contributed by atoms with Gasteiger partial charge in [-0.1, -0.05) is 42.5 Å². The minimum Gasteiger partial charge on any atom is -0.451 e. The van der Waals surface area contributed by atoms with Crippen LogP contribution in [0.5, 0.6) is 0 Å². The molecule has 3 aromatic carbocycles. The molecule has 162 valence electrons. The zero-order valence-electron chi connectivity index (χ0n) is 17.5. The van der Waals surface area contributed by atoms with E-state index in [1.807, 2.05) is 61.5 Å². The highest BCUT2D eigenvalue weighted by Crippen LogP contribution is 2.26. The lowest BCUT2D eigenvalue weighted by atomic mass is 10.0. The van der Waals surface area contributed by atoms with Crippen LogP contribution >= 0.6 is 12.2 Å². The van der Waals surface area contributed by atoms with Crippen LogP contribution in [-0.4, -0.2) is 11.0 Å². The normalized spacial score (nSPS) is 10.9. The first-order valence-corrected chi connectivity index (χ1v) is 10.6. The number of carbonyl (C=O) groups excluding carboxylic acids is 1. The van der Waals surface area contributed by atoms with E-state index < -0.39 is 11.5 Å². The Morgan fingerprint density at radius 3 is 2.18 bits per heavy atom. The van der Waals surface area contributed by atoms with E-state index in [0.29, 0.717) is 22.4 Å². The van der Waals surface area contributed by atoms with Gasteiger partial charge in [0.2, 0.25) is 0 Å². The second-order valence-corrected chi connectivity index (χ2v) is 7.98. The molecule has 0 unspecified atom stereocenters. The van der Waals surface area contributed by atoms with Gasteiger partial charge < -0.3 is 14.2 Å². The molecule has 0 fully saturated rings. The van der Waals surface area contributed by atoms with E-state index in [0.717, 1.165) is 21.9 Å². The fraction of sp³-hybridized carbons (Fsp3) is 0.0385. The van der Waals surface area contributed by atoms with Crippen molar-refractivity contribution in [2.24, 2.45) is 0 Å². The number of rotatable bonds is 3. The fourth-order valence-electron chi connectivity index (χ4n) is 3.71. The fourth-order valence-corrected chi connectivity index (χ4v) is 3.92. The van der Waals surface area contributed by atoms with E-state index in [1.165, 1.54) is 0 Å². The lowest BCUT2D eigenvalue weighted by Crippen LogP contribution is -2.33. The molecule has 2 heterocycles. The maximum Gasteiger partial charge on any atom is 0.344 e. The zero-order valence-corrected chi connectivity index (χ0v) is 18.4. The molecule has 0 aliphatic carbocycles. The first-order valence-electron chi connectivity index (χ1n) is 10.2. The van der Waals surface area contributed by atoms with Crippen molar-refractivity contribution in [1.29, 1.82) is 0 Å². The number of benzene rings is 3. The van der Waals surface area contributed by atoms with Crippen LogP contribution in [-0.2, 0) is 0 Å². The molecule has 33 heavy (non-hydrogen) atoms. The third kappa shape index (κ3) is 4.14. The molecule has 0 saturated heterocycles. The van der Waals surface area contributed by atoms with E-state index in [2.05, 4.69) is 10.6 Å². The number of aryl methyl sites for hydroxylation is 1. The van der Waals surface area contributed by atoms with Crippen LogP contribution in [0.4, 0.5) is 5.69 Å². The van der Waals surface area contributed by atoms with Crippen LogP contribution < -0.4 is 16.3 Å². The summed E-state index contributed by atoms with van der Waals surface area (Å²) in [4.78, 5) is 25.0. The quantitative estimate of drug-likeness (QED) is 0.271. The Morgan fingerprint density at radius 1 is 0.818 bits per heavy atom. The molecular formula is C26H18N2O4S. The number of furan rings is 1. The van der Waals surface area contributed by atoms with Crippen LogP contribution in [0.15, 0.2) is 92.5 Å². The predicted octanol–water partition coefficient (Wildman–Crippen LogP) is 5.64. The summed E-state index contributed by atoms with van der Waals surface area (Å²) >= 11 is 5.29. The van der Waals surface area contributed by atoms with E-state index in [1.54, 1.807) is 24.3 Å². The van der Waals surface area contributed by atoms with Gasteiger partial charge >= 0.3 is 5.63 Å². The highest BCUT2D eigenvalue weighted by Gasteiger charge is 2.15. The summed E-state index contributed by atoms with van der Waals surface area (Å²) in [5, 5.41) is 7.45. The van der Waals surface area contributed by atoms with Crippen LogP contribution in [0.1, 0.15) is 16.1 Å². The Labute approximate surface area is 193 Å². The predicted molar refractivity (Wildman–Crippen MR) is 133 cm³/mol. The molecule has 0 saturated carbocycles. The van der Waals surface area contributed by atoms with Gasteiger partial charge in [-0.2, -0.15) is 0 Å². The second-order valence-electron chi connectivity index (χ2n) is 7.57. The smallest absolute Gasteiger partial charge is 0.344 e. The summed E-state index contributed by atoms with van der Waals surface area (Å²) in [7, 11) is 0. The number of hydrogen-bond donors (Lipinski definition) is 2. The van der Waals surface area contributed by atoms with Crippen LogP contribution in [0.25, 0.3) is 33.1 Å². The number of fused-ring (bicyclic) bond motifs is 2. The van der Waals surface area contributed by atoms with E-state index in [9.17, 15) is 9.59 Å². The molecule has 0 radical (unpaired) electrons. The van der Waals surface area contributed by atoms with Gasteiger partial charge in [0.1, 0.15) is 11.2 Å². The third-order valence-electron chi connectivity index (χ3n) is 5.29. The average Bonchev–Trinajstić information content (AvgIpc) is 3.23. The minimum absolute atomic E-state index is 0.137. The highest BCUT2D eigenvalue weighted by molar-refractivity contribution is 7.80. The first-order chi connectivity index (χ1) is 16.0. The summed E-state index contributed by atoms with van der Waals surface area (Å²) in [5.41, 5.74) is 3.56. The van der Waals surface area contributed by atoms with Gasteiger partial charge in [0.25, 0.3) is 5.91 Å². The van der Waals surface area contributed by atoms with E-state index >= 15 is 0 Å². The molecule has 6 nitrogen and oxygen atoms in total. The molecule has 2 N–H and O–H groups in total. The van der Waals surface area contributed by atoms with Crippen molar-refractivity contribution >= 4 is 50.9 Å². The maximum absolute atomic E-state index is 12.5. The molecule has 0 bridgehead atoms. The van der Waals surface area contributed by atoms with Crippen molar-refractivity contribution in [2.75, 3.05) is 5.32 Å². The Kier molecular flexibility index (Phi) is 5.24. The van der Waals surface area contributed by atoms with Crippen molar-refractivity contribution in [2.45, 2.75) is 6.92 Å². The SMILES string of the molecule is Cc1cc(NC(=S)NC(=O)c2cc3ccccc3o2)ccc1-c1cc2ccccc2oc1=O. The number of anilines is 1. The Bertz CT molecular complexity index is 1570. The Morgan fingerprint density at radius 2 is 1.48 bits per heavy atom. The summed E-state index contributed by atoms with van der Waals surface area (Å²) in [5.74, 6) is -0.263. The van der Waals surface area contributed by atoms with Crippen molar-refractivity contribution < 1.29 is 13.6 Å². The van der Waals surface area contributed by atoms with Gasteiger partial charge in [0, 0.05) is 16.5 Å². The standard InChI is InChI=1S/C26H18N2O4S/c1-15-12-18(10-11-19(15)20-13-16-6-2-5-9-22(16)32-25(20)30)27-26(33)28-24(29)23-14-17-7-3-4-8-21(17)31-23/h2-14H,1H3,(H2,27,28,29,33). The lowest BCUT2D eigenvalue weighted by Gasteiger charge is -2.12. The van der Waals surface area contributed by atoms with Crippen LogP contribution in [0.3, 0.4) is 0 Å². The molecule has 2 aromatic heterocycles. The van der Waals surface area contributed by atoms with E-state index in [-0.39, 0.29) is 10.9 Å². The molecule has 7 heteroatoms. The molecule has 5 rings (SSSR count). The van der Waals surface area contributed by atoms with Gasteiger partial charge in [-0.25, -0.2) is 4.79 Å². The Hall–Kier alpha value is -4.23. The van der Waals surface area contributed by atoms with Gasteiger partial charge in [0.15, 0.2) is 10.9 Å². The molecular weight excluding hydrogens is 436 g/mol. The highest BCUT2D eigenvalue weighted by atomic mass is 32.1. The molecule has 0 aliphatic heterocycles. The largest absolute Gasteiger partial charge is 0.451 e. The molecule has 0 aliphatic rings. The zero-order chi connectivity index (χ0) is 22.9. The number of carbonyl (C=O) groups is 1. The van der Waals surface area contributed by atoms with Gasteiger partial charge in [-0.05, 0) is 66.7 Å².